The maximum Gasteiger partial charge on any atom is 0.290 e. The number of carboxylic acid groups (broad SMARTS) is 1. The van der Waals surface area contributed by atoms with Crippen LogP contribution in [0.25, 0.3) is 0 Å². The maximum absolute atomic E-state index is 12.5. The van der Waals surface area contributed by atoms with Gasteiger partial charge in [-0.15, -0.1) is 11.8 Å². The van der Waals surface area contributed by atoms with Crippen molar-refractivity contribution in [3.8, 4) is 0 Å². The molecule has 4 atom stereocenters. The number of nitrogens with one attached hydrogen (secondary N) is 1. The van der Waals surface area contributed by atoms with E-state index in [1.807, 2.05) is 11.2 Å². The van der Waals surface area contributed by atoms with Crippen LogP contribution in [0.1, 0.15) is 33.1 Å². The van der Waals surface area contributed by atoms with E-state index >= 15 is 0 Å². The van der Waals surface area contributed by atoms with Crippen LogP contribution in [0.5, 0.6) is 0 Å². The van der Waals surface area contributed by atoms with Crippen molar-refractivity contribution in [1.29, 1.82) is 0 Å². The zero-order valence-electron chi connectivity index (χ0n) is 16.9. The van der Waals surface area contributed by atoms with Crippen LogP contribution < -0.4 is 5.32 Å². The molecule has 1 spiro atoms. The molecule has 3 fully saturated rings. The van der Waals surface area contributed by atoms with Crippen molar-refractivity contribution in [3.63, 3.8) is 0 Å². The first-order chi connectivity index (χ1) is 13.4. The SMILES string of the molecule is CSCCC(=O)NC[C@H]1[C@H]2CN(C(=O)CSC(C)C)C[C@]23CC[C@H]1O3.O=CO. The minimum absolute atomic E-state index is 0.130. The highest BCUT2D eigenvalue weighted by Gasteiger charge is 2.63. The number of hydrogen-bond donors (Lipinski definition) is 2. The molecular weight excluding hydrogens is 400 g/mol. The number of rotatable bonds is 8. The van der Waals surface area contributed by atoms with E-state index in [-0.39, 0.29) is 30.0 Å². The number of ether oxygens (including phenoxy) is 1. The number of likely N-dealkylation sites (tertiary alicyclic amines) is 1. The van der Waals surface area contributed by atoms with Gasteiger partial charge in [-0.3, -0.25) is 14.4 Å². The van der Waals surface area contributed by atoms with Gasteiger partial charge in [0, 0.05) is 37.1 Å². The van der Waals surface area contributed by atoms with E-state index in [1.54, 1.807) is 23.5 Å². The average Bonchev–Trinajstić information content (AvgIpc) is 3.31. The Morgan fingerprint density at radius 2 is 2.14 bits per heavy atom. The van der Waals surface area contributed by atoms with Gasteiger partial charge in [-0.25, -0.2) is 0 Å². The summed E-state index contributed by atoms with van der Waals surface area (Å²) in [5.41, 5.74) is -0.141. The molecule has 9 heteroatoms. The lowest BCUT2D eigenvalue weighted by molar-refractivity contribution is -0.129. The molecule has 0 aliphatic carbocycles. The first-order valence-corrected chi connectivity index (χ1v) is 12.2. The second-order valence-corrected chi connectivity index (χ2v) is 10.4. The fraction of sp³-hybridized carbons (Fsp3) is 0.842. The summed E-state index contributed by atoms with van der Waals surface area (Å²) in [6.45, 7) is 6.21. The van der Waals surface area contributed by atoms with E-state index in [0.717, 1.165) is 31.7 Å². The summed E-state index contributed by atoms with van der Waals surface area (Å²) < 4.78 is 6.36. The van der Waals surface area contributed by atoms with Gasteiger partial charge in [-0.2, -0.15) is 11.8 Å². The van der Waals surface area contributed by atoms with Crippen LogP contribution >= 0.6 is 23.5 Å². The highest BCUT2D eigenvalue weighted by atomic mass is 32.2. The van der Waals surface area contributed by atoms with E-state index in [9.17, 15) is 9.59 Å². The van der Waals surface area contributed by atoms with Crippen molar-refractivity contribution in [3.05, 3.63) is 0 Å². The summed E-state index contributed by atoms with van der Waals surface area (Å²) in [5.74, 6) is 2.50. The fourth-order valence-electron chi connectivity index (χ4n) is 4.50. The molecule has 0 aromatic heterocycles. The molecule has 3 saturated heterocycles. The summed E-state index contributed by atoms with van der Waals surface area (Å²) in [6.07, 6.45) is 4.97. The molecular formula is C19H32N2O5S2. The third kappa shape index (κ3) is 5.57. The van der Waals surface area contributed by atoms with Crippen LogP contribution in [0.3, 0.4) is 0 Å². The predicted molar refractivity (Wildman–Crippen MR) is 113 cm³/mol. The van der Waals surface area contributed by atoms with Crippen molar-refractivity contribution in [2.75, 3.05) is 37.4 Å². The molecule has 7 nitrogen and oxygen atoms in total. The number of thioether (sulfide) groups is 2. The summed E-state index contributed by atoms with van der Waals surface area (Å²) in [4.78, 5) is 34.8. The summed E-state index contributed by atoms with van der Waals surface area (Å²) in [5, 5.41) is 10.5. The number of amides is 2. The van der Waals surface area contributed by atoms with Crippen molar-refractivity contribution >= 4 is 41.8 Å². The molecule has 3 rings (SSSR count). The van der Waals surface area contributed by atoms with E-state index in [1.165, 1.54) is 0 Å². The topological polar surface area (TPSA) is 95.9 Å². The van der Waals surface area contributed by atoms with Crippen LogP contribution in [0.2, 0.25) is 0 Å². The van der Waals surface area contributed by atoms with E-state index in [4.69, 9.17) is 14.6 Å². The average molecular weight is 433 g/mol. The molecule has 28 heavy (non-hydrogen) atoms. The van der Waals surface area contributed by atoms with Gasteiger partial charge in [0.05, 0.1) is 24.0 Å². The third-order valence-corrected chi connectivity index (χ3v) is 7.44. The smallest absolute Gasteiger partial charge is 0.290 e. The largest absolute Gasteiger partial charge is 0.483 e. The number of hydrogen-bond acceptors (Lipinski definition) is 6. The zero-order chi connectivity index (χ0) is 20.7. The van der Waals surface area contributed by atoms with Gasteiger partial charge in [0.2, 0.25) is 11.8 Å². The maximum atomic E-state index is 12.5. The van der Waals surface area contributed by atoms with Gasteiger partial charge in [0.25, 0.3) is 6.47 Å². The molecule has 0 aromatic carbocycles. The van der Waals surface area contributed by atoms with Crippen LogP contribution in [0.4, 0.5) is 0 Å². The van der Waals surface area contributed by atoms with Crippen molar-refractivity contribution in [2.24, 2.45) is 11.8 Å². The van der Waals surface area contributed by atoms with E-state index in [2.05, 4.69) is 19.2 Å². The number of carbonyl (C=O) groups is 3. The fourth-order valence-corrected chi connectivity index (χ4v) is 5.55. The third-order valence-electron chi connectivity index (χ3n) is 5.74. The van der Waals surface area contributed by atoms with Crippen LogP contribution in [-0.4, -0.2) is 82.6 Å². The Bertz CT molecular complexity index is 562. The molecule has 160 valence electrons. The second-order valence-electron chi connectivity index (χ2n) is 7.82. The summed E-state index contributed by atoms with van der Waals surface area (Å²) >= 11 is 3.40. The van der Waals surface area contributed by atoms with Gasteiger partial charge >= 0.3 is 0 Å². The Morgan fingerprint density at radius 3 is 2.79 bits per heavy atom. The van der Waals surface area contributed by atoms with E-state index < -0.39 is 0 Å². The molecule has 2 N–H and O–H groups in total. The highest BCUT2D eigenvalue weighted by molar-refractivity contribution is 8.00. The van der Waals surface area contributed by atoms with E-state index in [0.29, 0.717) is 35.8 Å². The second kappa shape index (κ2) is 10.7. The predicted octanol–water partition coefficient (Wildman–Crippen LogP) is 1.70. The lowest BCUT2D eigenvalue weighted by atomic mass is 9.73. The van der Waals surface area contributed by atoms with Gasteiger partial charge in [-0.1, -0.05) is 13.8 Å². The van der Waals surface area contributed by atoms with Crippen molar-refractivity contribution < 1.29 is 24.2 Å². The van der Waals surface area contributed by atoms with Crippen molar-refractivity contribution in [1.82, 2.24) is 10.2 Å². The Kier molecular flexibility index (Phi) is 8.95. The zero-order valence-corrected chi connectivity index (χ0v) is 18.5. The molecule has 2 amide bonds. The molecule has 0 saturated carbocycles. The lowest BCUT2D eigenvalue weighted by Crippen LogP contribution is -2.41. The number of nitrogens with zero attached hydrogens (tertiary/aromatic N) is 1. The first kappa shape index (κ1) is 23.3. The van der Waals surface area contributed by atoms with Crippen LogP contribution in [-0.2, 0) is 19.1 Å². The molecule has 3 aliphatic rings. The molecule has 0 aromatic rings. The van der Waals surface area contributed by atoms with Crippen LogP contribution in [0, 0.1) is 11.8 Å². The monoisotopic (exact) mass is 432 g/mol. The Balaban J connectivity index is 0.000000878. The highest BCUT2D eigenvalue weighted by Crippen LogP contribution is 2.54. The Morgan fingerprint density at radius 1 is 1.43 bits per heavy atom. The Labute approximate surface area is 175 Å². The normalized spacial score (nSPS) is 30.0. The number of carbonyl (C=O) groups excluding carboxylic acids is 2. The van der Waals surface area contributed by atoms with Gasteiger partial charge in [0.15, 0.2) is 0 Å². The molecule has 0 radical (unpaired) electrons. The van der Waals surface area contributed by atoms with Crippen LogP contribution in [0.15, 0.2) is 0 Å². The number of fused-ring (bicyclic) bond motifs is 1. The minimum atomic E-state index is -0.250. The van der Waals surface area contributed by atoms with Gasteiger partial charge < -0.3 is 20.1 Å². The molecule has 2 bridgehead atoms. The standard InChI is InChI=1S/C18H30N2O3S2.CH2O2/c1-12(2)25-10-17(22)20-9-14-13(8-19-16(21)5-7-24-3)15-4-6-18(14,11-20)23-15;2-1-3/h12-15H,4-11H2,1-3H3,(H,19,21);1H,(H,2,3)/t13-,14+,15+,18+;/m0./s1. The first-order valence-electron chi connectivity index (χ1n) is 9.77. The van der Waals surface area contributed by atoms with Gasteiger partial charge in [0.1, 0.15) is 0 Å². The molecule has 3 heterocycles. The van der Waals surface area contributed by atoms with Gasteiger partial charge in [-0.05, 0) is 24.3 Å². The molecule has 3 aliphatic heterocycles. The summed E-state index contributed by atoms with van der Waals surface area (Å²) in [7, 11) is 0. The van der Waals surface area contributed by atoms with Crippen molar-refractivity contribution in [2.45, 2.75) is 50.1 Å². The lowest BCUT2D eigenvalue weighted by Gasteiger charge is -2.29. The quantitative estimate of drug-likeness (QED) is 0.564. The Hall–Kier alpha value is -0.930. The minimum Gasteiger partial charge on any atom is -0.483 e. The summed E-state index contributed by atoms with van der Waals surface area (Å²) in [6, 6.07) is 0. The molecule has 0 unspecified atom stereocenters.